The lowest BCUT2D eigenvalue weighted by Crippen LogP contribution is -2.38. The maximum Gasteiger partial charge on any atom is 0.0450 e. The highest BCUT2D eigenvalue weighted by Crippen LogP contribution is 2.35. The molecular formula is C32H55N. The van der Waals surface area contributed by atoms with Gasteiger partial charge in [-0.05, 0) is 24.0 Å². The highest BCUT2D eigenvalue weighted by atomic mass is 14.7. The van der Waals surface area contributed by atoms with Crippen LogP contribution in [-0.4, -0.2) is 0 Å². The SMILES string of the molecule is CCCCCCCCCCCCCCCCCCCCCCC1(N)CC=Cc2ccccc21. The van der Waals surface area contributed by atoms with Crippen molar-refractivity contribution in [1.29, 1.82) is 0 Å². The topological polar surface area (TPSA) is 26.0 Å². The monoisotopic (exact) mass is 453 g/mol. The molecule has 1 aliphatic carbocycles. The zero-order valence-electron chi connectivity index (χ0n) is 22.1. The molecule has 1 aromatic carbocycles. The van der Waals surface area contributed by atoms with Gasteiger partial charge in [0, 0.05) is 5.54 Å². The molecule has 0 amide bonds. The van der Waals surface area contributed by atoms with Gasteiger partial charge in [0.1, 0.15) is 0 Å². The van der Waals surface area contributed by atoms with E-state index in [0.29, 0.717) is 0 Å². The predicted molar refractivity (Wildman–Crippen MR) is 149 cm³/mol. The molecule has 2 N–H and O–H groups in total. The molecule has 1 unspecified atom stereocenters. The summed E-state index contributed by atoms with van der Waals surface area (Å²) in [5.74, 6) is 0. The second-order valence-corrected chi connectivity index (χ2v) is 10.8. The Morgan fingerprint density at radius 3 is 1.52 bits per heavy atom. The van der Waals surface area contributed by atoms with E-state index < -0.39 is 0 Å². The van der Waals surface area contributed by atoms with Crippen LogP contribution in [0.15, 0.2) is 30.3 Å². The van der Waals surface area contributed by atoms with E-state index in [-0.39, 0.29) is 5.54 Å². The van der Waals surface area contributed by atoms with Crippen LogP contribution >= 0.6 is 0 Å². The van der Waals surface area contributed by atoms with Gasteiger partial charge in [-0.15, -0.1) is 0 Å². The number of hydrogen-bond acceptors (Lipinski definition) is 1. The fourth-order valence-corrected chi connectivity index (χ4v) is 5.53. The third-order valence-electron chi connectivity index (χ3n) is 7.75. The molecule has 0 aliphatic heterocycles. The smallest absolute Gasteiger partial charge is 0.0450 e. The van der Waals surface area contributed by atoms with Gasteiger partial charge in [0.05, 0.1) is 0 Å². The maximum atomic E-state index is 6.80. The standard InChI is InChI=1S/C32H55N/c1-2-3-4-5-6-7-8-9-10-11-12-13-14-15-16-17-18-19-20-23-28-32(33)29-24-26-30-25-21-22-27-31(30)32/h21-22,24-27H,2-20,23,28-29,33H2,1H3. The Morgan fingerprint density at radius 1 is 0.606 bits per heavy atom. The molecule has 0 aromatic heterocycles. The van der Waals surface area contributed by atoms with Gasteiger partial charge in [-0.3, -0.25) is 0 Å². The Bertz CT molecular complexity index is 619. The number of fused-ring (bicyclic) bond motifs is 1. The van der Waals surface area contributed by atoms with Crippen LogP contribution in [-0.2, 0) is 5.54 Å². The predicted octanol–water partition coefficient (Wildman–Crippen LogP) is 10.5. The number of hydrogen-bond donors (Lipinski definition) is 1. The number of benzene rings is 1. The second kappa shape index (κ2) is 18.3. The highest BCUT2D eigenvalue weighted by molar-refractivity contribution is 5.58. The van der Waals surface area contributed by atoms with Crippen LogP contribution in [0.25, 0.3) is 6.08 Å². The van der Waals surface area contributed by atoms with E-state index in [4.69, 9.17) is 5.73 Å². The quantitative estimate of drug-likeness (QED) is 0.184. The van der Waals surface area contributed by atoms with Gasteiger partial charge in [0.2, 0.25) is 0 Å². The van der Waals surface area contributed by atoms with Gasteiger partial charge in [0.25, 0.3) is 0 Å². The molecule has 33 heavy (non-hydrogen) atoms. The van der Waals surface area contributed by atoms with Crippen LogP contribution in [0.1, 0.15) is 159 Å². The van der Waals surface area contributed by atoms with E-state index in [1.54, 1.807) is 0 Å². The second-order valence-electron chi connectivity index (χ2n) is 10.8. The van der Waals surface area contributed by atoms with E-state index in [1.807, 2.05) is 0 Å². The van der Waals surface area contributed by atoms with Crippen molar-refractivity contribution < 1.29 is 0 Å². The summed E-state index contributed by atoms with van der Waals surface area (Å²) >= 11 is 0. The van der Waals surface area contributed by atoms with E-state index in [0.717, 1.165) is 12.8 Å². The zero-order valence-corrected chi connectivity index (χ0v) is 22.1. The third kappa shape index (κ3) is 12.3. The lowest BCUT2D eigenvalue weighted by Gasteiger charge is -2.33. The molecule has 0 heterocycles. The van der Waals surface area contributed by atoms with Crippen molar-refractivity contribution in [2.24, 2.45) is 5.73 Å². The van der Waals surface area contributed by atoms with Crippen molar-refractivity contribution in [3.05, 3.63) is 41.5 Å². The molecule has 0 saturated heterocycles. The molecule has 0 fully saturated rings. The van der Waals surface area contributed by atoms with Crippen molar-refractivity contribution in [2.75, 3.05) is 0 Å². The fourth-order valence-electron chi connectivity index (χ4n) is 5.53. The van der Waals surface area contributed by atoms with Crippen LogP contribution < -0.4 is 5.73 Å². The molecular weight excluding hydrogens is 398 g/mol. The van der Waals surface area contributed by atoms with Crippen molar-refractivity contribution in [3.8, 4) is 0 Å². The molecule has 0 spiro atoms. The summed E-state index contributed by atoms with van der Waals surface area (Å²) in [4.78, 5) is 0. The minimum absolute atomic E-state index is 0.139. The van der Waals surface area contributed by atoms with Gasteiger partial charge in [-0.25, -0.2) is 0 Å². The van der Waals surface area contributed by atoms with Gasteiger partial charge < -0.3 is 5.73 Å². The van der Waals surface area contributed by atoms with Crippen molar-refractivity contribution in [1.82, 2.24) is 0 Å². The minimum Gasteiger partial charge on any atom is -0.321 e. The molecule has 1 nitrogen and oxygen atoms in total. The average Bonchev–Trinajstić information content (AvgIpc) is 2.83. The number of unbranched alkanes of at least 4 members (excludes halogenated alkanes) is 19. The summed E-state index contributed by atoms with van der Waals surface area (Å²) in [6, 6.07) is 8.68. The lowest BCUT2D eigenvalue weighted by molar-refractivity contribution is 0.385. The summed E-state index contributed by atoms with van der Waals surface area (Å²) in [6.45, 7) is 2.30. The van der Waals surface area contributed by atoms with Gasteiger partial charge in [0.15, 0.2) is 0 Å². The van der Waals surface area contributed by atoms with Gasteiger partial charge >= 0.3 is 0 Å². The number of rotatable bonds is 21. The Morgan fingerprint density at radius 2 is 1.03 bits per heavy atom. The molecule has 0 saturated carbocycles. The maximum absolute atomic E-state index is 6.80. The summed E-state index contributed by atoms with van der Waals surface area (Å²) < 4.78 is 0. The Labute approximate surface area is 207 Å². The first-order chi connectivity index (χ1) is 16.3. The Kier molecular flexibility index (Phi) is 15.6. The largest absolute Gasteiger partial charge is 0.321 e. The molecule has 2 rings (SSSR count). The number of nitrogens with two attached hydrogens (primary N) is 1. The van der Waals surface area contributed by atoms with Crippen molar-refractivity contribution in [2.45, 2.75) is 154 Å². The Hall–Kier alpha value is -1.08. The van der Waals surface area contributed by atoms with E-state index in [2.05, 4.69) is 43.3 Å². The molecule has 0 radical (unpaired) electrons. The fraction of sp³-hybridized carbons (Fsp3) is 0.750. The first-order valence-electron chi connectivity index (χ1n) is 14.8. The lowest BCUT2D eigenvalue weighted by atomic mass is 9.77. The van der Waals surface area contributed by atoms with Crippen LogP contribution in [0, 0.1) is 0 Å². The zero-order chi connectivity index (χ0) is 23.5. The summed E-state index contributed by atoms with van der Waals surface area (Å²) in [6.07, 6.45) is 35.3. The summed E-state index contributed by atoms with van der Waals surface area (Å²) in [5, 5.41) is 0. The minimum atomic E-state index is -0.139. The van der Waals surface area contributed by atoms with Crippen LogP contribution in [0.4, 0.5) is 0 Å². The molecule has 0 bridgehead atoms. The highest BCUT2D eigenvalue weighted by Gasteiger charge is 2.29. The van der Waals surface area contributed by atoms with Gasteiger partial charge in [-0.2, -0.15) is 0 Å². The Balaban J connectivity index is 1.31. The first kappa shape index (κ1) is 28.2. The molecule has 1 atom stereocenters. The molecule has 1 aromatic rings. The normalized spacial score (nSPS) is 17.4. The van der Waals surface area contributed by atoms with Crippen LogP contribution in [0.2, 0.25) is 0 Å². The van der Waals surface area contributed by atoms with E-state index >= 15 is 0 Å². The molecule has 1 heteroatoms. The van der Waals surface area contributed by atoms with E-state index in [9.17, 15) is 0 Å². The van der Waals surface area contributed by atoms with Crippen LogP contribution in [0.5, 0.6) is 0 Å². The van der Waals surface area contributed by atoms with Gasteiger partial charge in [-0.1, -0.05) is 172 Å². The van der Waals surface area contributed by atoms with E-state index in [1.165, 1.54) is 140 Å². The van der Waals surface area contributed by atoms with Crippen molar-refractivity contribution >= 4 is 6.08 Å². The van der Waals surface area contributed by atoms with Crippen LogP contribution in [0.3, 0.4) is 0 Å². The first-order valence-corrected chi connectivity index (χ1v) is 14.8. The molecule has 188 valence electrons. The third-order valence-corrected chi connectivity index (χ3v) is 7.75. The molecule has 1 aliphatic rings. The summed E-state index contributed by atoms with van der Waals surface area (Å²) in [7, 11) is 0. The van der Waals surface area contributed by atoms with Crippen molar-refractivity contribution in [3.63, 3.8) is 0 Å². The average molecular weight is 454 g/mol. The summed E-state index contributed by atoms with van der Waals surface area (Å²) in [5.41, 5.74) is 9.33.